The van der Waals surface area contributed by atoms with Gasteiger partial charge in [0.2, 0.25) is 0 Å². The molecule has 1 heterocycles. The highest BCUT2D eigenvalue weighted by Gasteiger charge is 2.16. The van der Waals surface area contributed by atoms with Crippen LogP contribution in [0.2, 0.25) is 0 Å². The maximum atomic E-state index is 13.2. The topological polar surface area (TPSA) is 38.9 Å². The number of benzene rings is 1. The summed E-state index contributed by atoms with van der Waals surface area (Å²) in [5, 5.41) is 6.91. The monoisotopic (exact) mass is 260 g/mol. The van der Waals surface area contributed by atoms with Crippen LogP contribution in [0, 0.1) is 11.6 Å². The normalized spacial score (nSPS) is 10.5. The van der Waals surface area contributed by atoms with E-state index < -0.39 is 11.6 Å². The fourth-order valence-electron chi connectivity index (χ4n) is 1.01. The van der Waals surface area contributed by atoms with Crippen molar-refractivity contribution in [3.8, 4) is 11.5 Å². The second-order valence-corrected chi connectivity index (χ2v) is 3.14. The smallest absolute Gasteiger partial charge is 0.285 e. The highest BCUT2D eigenvalue weighted by atomic mass is 79.9. The molecule has 0 amide bonds. The van der Waals surface area contributed by atoms with Crippen LogP contribution < -0.4 is 0 Å². The van der Waals surface area contributed by atoms with Crippen LogP contribution in [0.25, 0.3) is 11.5 Å². The molecule has 0 saturated heterocycles. The first kappa shape index (κ1) is 9.26. The van der Waals surface area contributed by atoms with Crippen LogP contribution in [0.15, 0.2) is 27.4 Å². The maximum Gasteiger partial charge on any atom is 0.285 e. The van der Waals surface area contributed by atoms with Crippen LogP contribution >= 0.6 is 15.9 Å². The van der Waals surface area contributed by atoms with Crippen LogP contribution in [0.3, 0.4) is 0 Å². The van der Waals surface area contributed by atoms with E-state index in [2.05, 4.69) is 26.1 Å². The van der Waals surface area contributed by atoms with E-state index >= 15 is 0 Å². The van der Waals surface area contributed by atoms with E-state index in [1.54, 1.807) is 0 Å². The number of hydrogen-bond donors (Lipinski definition) is 0. The fraction of sp³-hybridized carbons (Fsp3) is 0. The highest BCUT2D eigenvalue weighted by molar-refractivity contribution is 9.10. The van der Waals surface area contributed by atoms with Gasteiger partial charge in [-0.2, -0.15) is 0 Å². The summed E-state index contributed by atoms with van der Waals surface area (Å²) in [7, 11) is 0. The summed E-state index contributed by atoms with van der Waals surface area (Å²) in [6, 6.07) is 3.51. The molecule has 3 nitrogen and oxygen atoms in total. The summed E-state index contributed by atoms with van der Waals surface area (Å²) in [4.78, 5) is 0.0788. The summed E-state index contributed by atoms with van der Waals surface area (Å²) in [6.07, 6.45) is 0. The van der Waals surface area contributed by atoms with Crippen molar-refractivity contribution >= 4 is 15.9 Å². The first-order chi connectivity index (χ1) is 6.68. The average Bonchev–Trinajstić information content (AvgIpc) is 2.51. The van der Waals surface area contributed by atoms with Crippen molar-refractivity contribution < 1.29 is 13.2 Å². The number of rotatable bonds is 1. The molecular formula is C8H3BrF2N2O. The van der Waals surface area contributed by atoms with E-state index in [4.69, 9.17) is 4.42 Å². The molecule has 2 rings (SSSR count). The van der Waals surface area contributed by atoms with Crippen molar-refractivity contribution in [2.24, 2.45) is 0 Å². The van der Waals surface area contributed by atoms with Gasteiger partial charge in [-0.15, -0.1) is 10.2 Å². The molecule has 0 atom stereocenters. The first-order valence-corrected chi connectivity index (χ1v) is 4.41. The lowest BCUT2D eigenvalue weighted by atomic mass is 10.2. The van der Waals surface area contributed by atoms with Crippen LogP contribution in [0.5, 0.6) is 0 Å². The molecule has 6 heteroatoms. The Morgan fingerprint density at radius 1 is 1.14 bits per heavy atom. The Bertz CT molecular complexity index is 452. The van der Waals surface area contributed by atoms with E-state index in [0.29, 0.717) is 0 Å². The Kier molecular flexibility index (Phi) is 2.28. The van der Waals surface area contributed by atoms with Gasteiger partial charge in [0.05, 0.1) is 0 Å². The van der Waals surface area contributed by atoms with Gasteiger partial charge in [-0.3, -0.25) is 0 Å². The van der Waals surface area contributed by atoms with Crippen molar-refractivity contribution in [3.05, 3.63) is 34.6 Å². The van der Waals surface area contributed by atoms with E-state index in [1.807, 2.05) is 0 Å². The van der Waals surface area contributed by atoms with Crippen molar-refractivity contribution in [3.63, 3.8) is 0 Å². The molecule has 0 N–H and O–H groups in total. The summed E-state index contributed by atoms with van der Waals surface area (Å²) in [5.41, 5.74) is -0.314. The lowest BCUT2D eigenvalue weighted by molar-refractivity contribution is 0.521. The zero-order chi connectivity index (χ0) is 10.1. The largest absolute Gasteiger partial charge is 0.411 e. The van der Waals surface area contributed by atoms with E-state index in [0.717, 1.165) is 12.1 Å². The molecule has 2 aromatic rings. The Labute approximate surface area is 85.9 Å². The molecule has 0 unspecified atom stereocenters. The van der Waals surface area contributed by atoms with Gasteiger partial charge in [-0.1, -0.05) is 6.07 Å². The number of halogens is 3. The molecule has 1 aromatic carbocycles. The fourth-order valence-corrected chi connectivity index (χ4v) is 1.24. The summed E-state index contributed by atoms with van der Waals surface area (Å²) < 4.78 is 31.2. The van der Waals surface area contributed by atoms with E-state index in [-0.39, 0.29) is 16.3 Å². The van der Waals surface area contributed by atoms with E-state index in [9.17, 15) is 8.78 Å². The molecule has 0 aliphatic heterocycles. The molecule has 0 spiro atoms. The maximum absolute atomic E-state index is 13.2. The predicted molar refractivity (Wildman–Crippen MR) is 47.4 cm³/mol. The first-order valence-electron chi connectivity index (χ1n) is 3.62. The highest BCUT2D eigenvalue weighted by Crippen LogP contribution is 2.25. The molecule has 0 aliphatic rings. The van der Waals surface area contributed by atoms with Crippen molar-refractivity contribution in [2.45, 2.75) is 0 Å². The minimum absolute atomic E-state index is 0.0788. The zero-order valence-corrected chi connectivity index (χ0v) is 8.25. The molecule has 0 fully saturated rings. The quantitative estimate of drug-likeness (QED) is 0.792. The van der Waals surface area contributed by atoms with Crippen molar-refractivity contribution in [1.82, 2.24) is 10.2 Å². The van der Waals surface area contributed by atoms with Gasteiger partial charge in [0.15, 0.2) is 0 Å². The average molecular weight is 261 g/mol. The molecule has 1 aromatic heterocycles. The second-order valence-electron chi connectivity index (χ2n) is 2.46. The molecule has 72 valence electrons. The lowest BCUT2D eigenvalue weighted by Gasteiger charge is -1.97. The minimum Gasteiger partial charge on any atom is -0.411 e. The predicted octanol–water partition coefficient (Wildman–Crippen LogP) is 2.78. The molecule has 0 radical (unpaired) electrons. The van der Waals surface area contributed by atoms with Crippen LogP contribution in [-0.2, 0) is 0 Å². The third kappa shape index (κ3) is 1.52. The van der Waals surface area contributed by atoms with Gasteiger partial charge in [-0.25, -0.2) is 8.78 Å². The van der Waals surface area contributed by atoms with Crippen LogP contribution in [-0.4, -0.2) is 10.2 Å². The summed E-state index contributed by atoms with van der Waals surface area (Å²) in [6.45, 7) is 0. The van der Waals surface area contributed by atoms with Crippen molar-refractivity contribution in [2.75, 3.05) is 0 Å². The van der Waals surface area contributed by atoms with Crippen LogP contribution in [0.1, 0.15) is 0 Å². The number of aromatic nitrogens is 2. The zero-order valence-electron chi connectivity index (χ0n) is 6.67. The van der Waals surface area contributed by atoms with Gasteiger partial charge in [0.25, 0.3) is 10.7 Å². The third-order valence-electron chi connectivity index (χ3n) is 1.58. The van der Waals surface area contributed by atoms with E-state index in [1.165, 1.54) is 6.07 Å². The summed E-state index contributed by atoms with van der Waals surface area (Å²) >= 11 is 2.89. The van der Waals surface area contributed by atoms with Gasteiger partial charge in [0.1, 0.15) is 17.2 Å². The van der Waals surface area contributed by atoms with Gasteiger partial charge in [-0.05, 0) is 12.1 Å². The Hall–Kier alpha value is -1.30. The van der Waals surface area contributed by atoms with Gasteiger partial charge < -0.3 is 4.42 Å². The third-order valence-corrected chi connectivity index (χ3v) is 1.90. The molecular weight excluding hydrogens is 258 g/mol. The lowest BCUT2D eigenvalue weighted by Crippen LogP contribution is -1.89. The van der Waals surface area contributed by atoms with Gasteiger partial charge in [0, 0.05) is 15.9 Å². The Morgan fingerprint density at radius 2 is 1.79 bits per heavy atom. The number of hydrogen-bond acceptors (Lipinski definition) is 3. The second kappa shape index (κ2) is 3.45. The Balaban J connectivity index is 2.61. The molecule has 14 heavy (non-hydrogen) atoms. The minimum atomic E-state index is -0.735. The van der Waals surface area contributed by atoms with Gasteiger partial charge >= 0.3 is 0 Å². The molecule has 0 saturated carbocycles. The SMILES string of the molecule is Fc1cccc(F)c1-c1nnc(Br)o1. The van der Waals surface area contributed by atoms with Crippen LogP contribution in [0.4, 0.5) is 8.78 Å². The number of nitrogens with zero attached hydrogens (tertiary/aromatic N) is 2. The molecule has 0 aliphatic carbocycles. The summed E-state index contributed by atoms with van der Waals surface area (Å²) in [5.74, 6) is -1.66. The Morgan fingerprint density at radius 3 is 2.29 bits per heavy atom. The van der Waals surface area contributed by atoms with Crippen molar-refractivity contribution in [1.29, 1.82) is 0 Å². The molecule has 0 bridgehead atoms. The standard InChI is InChI=1S/C8H3BrF2N2O/c9-8-13-12-7(14-8)6-4(10)2-1-3-5(6)11/h1-3H.